The second kappa shape index (κ2) is 6.53. The summed E-state index contributed by atoms with van der Waals surface area (Å²) in [6.07, 6.45) is -4.58. The Morgan fingerprint density at radius 1 is 1.24 bits per heavy atom. The van der Waals surface area contributed by atoms with Gasteiger partial charge in [-0.2, -0.15) is 22.5 Å². The van der Waals surface area contributed by atoms with Crippen molar-refractivity contribution < 1.29 is 18.0 Å². The van der Waals surface area contributed by atoms with Crippen molar-refractivity contribution in [1.82, 2.24) is 14.7 Å². The van der Waals surface area contributed by atoms with Gasteiger partial charge in [0.2, 0.25) is 16.9 Å². The molecule has 1 aromatic carbocycles. The van der Waals surface area contributed by atoms with Gasteiger partial charge in [-0.3, -0.25) is 4.79 Å². The molecule has 0 saturated heterocycles. The summed E-state index contributed by atoms with van der Waals surface area (Å²) in [5.41, 5.74) is 0.932. The lowest BCUT2D eigenvalue weighted by Crippen LogP contribution is -2.29. The van der Waals surface area contributed by atoms with Crippen molar-refractivity contribution in [2.24, 2.45) is 0 Å². The predicted octanol–water partition coefficient (Wildman–Crippen LogP) is 2.29. The highest BCUT2D eigenvalue weighted by atomic mass is 32.1. The zero-order valence-electron chi connectivity index (χ0n) is 10.6. The standard InChI is InChI=1S/C12H11F3N4OS/c13-12(14,15)10-18-11(21-19-10)17-7-9(20)16-6-8-4-2-1-3-5-8/h1-5H,6-7H2,(H,16,20)(H,17,18,19). The van der Waals surface area contributed by atoms with Gasteiger partial charge in [0.1, 0.15) is 0 Å². The Kier molecular flexibility index (Phi) is 4.73. The maximum absolute atomic E-state index is 12.3. The van der Waals surface area contributed by atoms with Crippen LogP contribution in [0.4, 0.5) is 18.3 Å². The van der Waals surface area contributed by atoms with E-state index in [-0.39, 0.29) is 17.6 Å². The molecule has 2 rings (SSSR count). The van der Waals surface area contributed by atoms with Crippen molar-refractivity contribution in [2.45, 2.75) is 12.7 Å². The van der Waals surface area contributed by atoms with Crippen LogP contribution in [-0.4, -0.2) is 21.8 Å². The van der Waals surface area contributed by atoms with E-state index in [0.717, 1.165) is 5.56 Å². The lowest BCUT2D eigenvalue weighted by atomic mass is 10.2. The van der Waals surface area contributed by atoms with Gasteiger partial charge in [0, 0.05) is 18.1 Å². The van der Waals surface area contributed by atoms with Crippen LogP contribution < -0.4 is 10.6 Å². The molecule has 0 spiro atoms. The molecule has 0 saturated carbocycles. The number of hydrogen-bond donors (Lipinski definition) is 2. The van der Waals surface area contributed by atoms with Crippen LogP contribution in [0.1, 0.15) is 11.4 Å². The molecule has 1 aromatic heterocycles. The molecular formula is C12H11F3N4OS. The largest absolute Gasteiger partial charge is 0.452 e. The fourth-order valence-corrected chi connectivity index (χ4v) is 2.01. The molecule has 0 aliphatic carbocycles. The average molecular weight is 316 g/mol. The number of benzene rings is 1. The highest BCUT2D eigenvalue weighted by Gasteiger charge is 2.36. The number of halogens is 3. The number of carbonyl (C=O) groups is 1. The second-order valence-corrected chi connectivity index (χ2v) is 4.79. The maximum atomic E-state index is 12.3. The Morgan fingerprint density at radius 2 is 1.95 bits per heavy atom. The Labute approximate surface area is 122 Å². The van der Waals surface area contributed by atoms with Gasteiger partial charge in [-0.15, -0.1) is 0 Å². The Balaban J connectivity index is 1.78. The number of anilines is 1. The number of nitrogens with one attached hydrogen (secondary N) is 2. The van der Waals surface area contributed by atoms with Crippen LogP contribution in [0.15, 0.2) is 30.3 Å². The Morgan fingerprint density at radius 3 is 2.57 bits per heavy atom. The van der Waals surface area contributed by atoms with Crippen molar-refractivity contribution in [3.63, 3.8) is 0 Å². The van der Waals surface area contributed by atoms with E-state index in [4.69, 9.17) is 0 Å². The first-order valence-corrected chi connectivity index (χ1v) is 6.68. The van der Waals surface area contributed by atoms with Crippen LogP contribution in [0, 0.1) is 0 Å². The summed E-state index contributed by atoms with van der Waals surface area (Å²) in [7, 11) is 0. The summed E-state index contributed by atoms with van der Waals surface area (Å²) in [6, 6.07) is 9.27. The SMILES string of the molecule is O=C(CNc1nc(C(F)(F)F)ns1)NCc1ccccc1. The molecule has 2 N–H and O–H groups in total. The summed E-state index contributed by atoms with van der Waals surface area (Å²) >= 11 is 0.561. The summed E-state index contributed by atoms with van der Waals surface area (Å²) in [5, 5.41) is 5.10. The van der Waals surface area contributed by atoms with Gasteiger partial charge in [-0.25, -0.2) is 0 Å². The van der Waals surface area contributed by atoms with Crippen LogP contribution in [-0.2, 0) is 17.5 Å². The van der Waals surface area contributed by atoms with E-state index < -0.39 is 12.0 Å². The molecule has 2 aromatic rings. The zero-order chi connectivity index (χ0) is 15.3. The molecule has 0 unspecified atom stereocenters. The van der Waals surface area contributed by atoms with Crippen molar-refractivity contribution in [3.05, 3.63) is 41.7 Å². The lowest BCUT2D eigenvalue weighted by Gasteiger charge is -2.05. The van der Waals surface area contributed by atoms with Gasteiger partial charge in [0.15, 0.2) is 0 Å². The van der Waals surface area contributed by atoms with Gasteiger partial charge in [-0.1, -0.05) is 30.3 Å². The van der Waals surface area contributed by atoms with Gasteiger partial charge in [0.05, 0.1) is 6.54 Å². The zero-order valence-corrected chi connectivity index (χ0v) is 11.5. The highest BCUT2D eigenvalue weighted by Crippen LogP contribution is 2.28. The minimum Gasteiger partial charge on any atom is -0.351 e. The van der Waals surface area contributed by atoms with E-state index in [1.165, 1.54) is 0 Å². The highest BCUT2D eigenvalue weighted by molar-refractivity contribution is 7.09. The Hall–Kier alpha value is -2.16. The fourth-order valence-electron chi connectivity index (χ4n) is 1.43. The smallest absolute Gasteiger partial charge is 0.351 e. The lowest BCUT2D eigenvalue weighted by molar-refractivity contribution is -0.144. The number of nitrogens with zero attached hydrogens (tertiary/aromatic N) is 2. The van der Waals surface area contributed by atoms with Crippen molar-refractivity contribution in [1.29, 1.82) is 0 Å². The topological polar surface area (TPSA) is 66.9 Å². The van der Waals surface area contributed by atoms with Crippen molar-refractivity contribution in [2.75, 3.05) is 11.9 Å². The van der Waals surface area contributed by atoms with E-state index in [9.17, 15) is 18.0 Å². The van der Waals surface area contributed by atoms with E-state index in [1.54, 1.807) is 0 Å². The molecule has 1 amide bonds. The molecule has 112 valence electrons. The number of hydrogen-bond acceptors (Lipinski definition) is 5. The monoisotopic (exact) mass is 316 g/mol. The van der Waals surface area contributed by atoms with E-state index >= 15 is 0 Å². The molecule has 0 radical (unpaired) electrons. The Bertz CT molecular complexity index is 600. The van der Waals surface area contributed by atoms with Gasteiger partial charge in [0.25, 0.3) is 0 Å². The van der Waals surface area contributed by atoms with Crippen molar-refractivity contribution in [3.8, 4) is 0 Å². The summed E-state index contributed by atoms with van der Waals surface area (Å²) < 4.78 is 40.0. The third-order valence-electron chi connectivity index (χ3n) is 2.41. The number of amides is 1. The molecular weight excluding hydrogens is 305 g/mol. The third kappa shape index (κ3) is 4.71. The van der Waals surface area contributed by atoms with Gasteiger partial charge in [-0.05, 0) is 5.56 Å². The molecule has 1 heterocycles. The minimum atomic E-state index is -4.58. The molecule has 0 atom stereocenters. The van der Waals surface area contributed by atoms with Crippen molar-refractivity contribution >= 4 is 22.6 Å². The molecule has 0 aliphatic heterocycles. The quantitative estimate of drug-likeness (QED) is 0.888. The first-order chi connectivity index (χ1) is 9.95. The molecule has 9 heteroatoms. The summed E-state index contributed by atoms with van der Waals surface area (Å²) in [5.74, 6) is -1.55. The number of carbonyl (C=O) groups excluding carboxylic acids is 1. The van der Waals surface area contributed by atoms with Crippen LogP contribution >= 0.6 is 11.5 Å². The third-order valence-corrected chi connectivity index (χ3v) is 3.09. The average Bonchev–Trinajstić information content (AvgIpc) is 2.93. The summed E-state index contributed by atoms with van der Waals surface area (Å²) in [4.78, 5) is 14.8. The van der Waals surface area contributed by atoms with E-state index in [0.29, 0.717) is 18.1 Å². The number of aromatic nitrogens is 2. The normalized spacial score (nSPS) is 11.2. The van der Waals surface area contributed by atoms with Crippen LogP contribution in [0.3, 0.4) is 0 Å². The number of rotatable bonds is 5. The molecule has 5 nitrogen and oxygen atoms in total. The van der Waals surface area contributed by atoms with E-state index in [1.807, 2.05) is 30.3 Å². The molecule has 0 aliphatic rings. The molecule has 0 bridgehead atoms. The maximum Gasteiger partial charge on any atom is 0.452 e. The first kappa shape index (κ1) is 15.2. The van der Waals surface area contributed by atoms with Gasteiger partial charge >= 0.3 is 6.18 Å². The van der Waals surface area contributed by atoms with Gasteiger partial charge < -0.3 is 10.6 Å². The predicted molar refractivity (Wildman–Crippen MR) is 71.7 cm³/mol. The first-order valence-electron chi connectivity index (χ1n) is 5.90. The minimum absolute atomic E-state index is 0.0443. The van der Waals surface area contributed by atoms with Crippen LogP contribution in [0.5, 0.6) is 0 Å². The molecule has 0 fully saturated rings. The van der Waals surface area contributed by atoms with E-state index in [2.05, 4.69) is 20.0 Å². The second-order valence-electron chi connectivity index (χ2n) is 4.04. The van der Waals surface area contributed by atoms with Crippen LogP contribution in [0.2, 0.25) is 0 Å². The molecule has 21 heavy (non-hydrogen) atoms. The fraction of sp³-hybridized carbons (Fsp3) is 0.250. The van der Waals surface area contributed by atoms with Crippen LogP contribution in [0.25, 0.3) is 0 Å². The summed E-state index contributed by atoms with van der Waals surface area (Å²) in [6.45, 7) is 0.185. The number of alkyl halides is 3.